The van der Waals surface area contributed by atoms with E-state index in [0.29, 0.717) is 31.5 Å². The summed E-state index contributed by atoms with van der Waals surface area (Å²) in [5, 5.41) is 0. The van der Waals surface area contributed by atoms with Gasteiger partial charge in [-0.3, -0.25) is 14.4 Å². The Morgan fingerprint density at radius 2 is 0.500 bits per heavy atom. The van der Waals surface area contributed by atoms with E-state index < -0.39 is 0 Å². The molecule has 0 unspecified atom stereocenters. The topological polar surface area (TPSA) is 69.7 Å². The van der Waals surface area contributed by atoms with Crippen LogP contribution >= 0.6 is 0 Å². The Morgan fingerprint density at radius 1 is 0.286 bits per heavy atom. The Bertz CT molecular complexity index is 742. The van der Waals surface area contributed by atoms with Crippen molar-refractivity contribution in [2.75, 3.05) is 0 Å². The highest BCUT2D eigenvalue weighted by molar-refractivity contribution is 5.78. The molecule has 0 aliphatic heterocycles. The van der Waals surface area contributed by atoms with E-state index in [-0.39, 0.29) is 24.1 Å². The van der Waals surface area contributed by atoms with Crippen LogP contribution in [-0.4, -0.2) is 29.9 Å². The number of hydrogen-bond acceptors (Lipinski definition) is 5. The molecule has 0 aromatic rings. The number of rotatable bonds is 46. The molecule has 332 valence electrons. The van der Waals surface area contributed by atoms with Gasteiger partial charge >= 0.3 is 11.9 Å². The van der Waals surface area contributed by atoms with Crippen LogP contribution < -0.4 is 0 Å². The van der Waals surface area contributed by atoms with Gasteiger partial charge in [-0.2, -0.15) is 0 Å². The van der Waals surface area contributed by atoms with Crippen molar-refractivity contribution in [3.05, 3.63) is 0 Å². The highest BCUT2D eigenvalue weighted by Gasteiger charge is 2.16. The van der Waals surface area contributed by atoms with Gasteiger partial charge in [-0.05, 0) is 77.0 Å². The summed E-state index contributed by atoms with van der Waals surface area (Å²) in [6.45, 7) is 9.03. The molecule has 0 aliphatic rings. The zero-order valence-corrected chi connectivity index (χ0v) is 38.4. The van der Waals surface area contributed by atoms with Gasteiger partial charge in [0, 0.05) is 25.7 Å². The highest BCUT2D eigenvalue weighted by Crippen LogP contribution is 2.20. The number of ketones is 1. The summed E-state index contributed by atoms with van der Waals surface area (Å²) in [6, 6.07) is 0. The lowest BCUT2D eigenvalue weighted by atomic mass is 10.0. The van der Waals surface area contributed by atoms with Crippen LogP contribution in [0.5, 0.6) is 0 Å². The minimum absolute atomic E-state index is 0.00618. The summed E-state index contributed by atoms with van der Waals surface area (Å²) in [7, 11) is 0. The van der Waals surface area contributed by atoms with Crippen LogP contribution in [0.2, 0.25) is 0 Å². The lowest BCUT2D eigenvalue weighted by Crippen LogP contribution is -2.18. The summed E-state index contributed by atoms with van der Waals surface area (Å²) >= 11 is 0. The second-order valence-electron chi connectivity index (χ2n) is 17.5. The van der Waals surface area contributed by atoms with Crippen LogP contribution in [0.25, 0.3) is 0 Å². The summed E-state index contributed by atoms with van der Waals surface area (Å²) in [4.78, 5) is 37.8. The molecule has 5 heteroatoms. The van der Waals surface area contributed by atoms with Gasteiger partial charge in [0.05, 0.1) is 0 Å². The second-order valence-corrected chi connectivity index (χ2v) is 17.5. The molecule has 0 aromatic carbocycles. The molecule has 0 heterocycles. The Labute approximate surface area is 350 Å². The summed E-state index contributed by atoms with van der Waals surface area (Å²) in [5.74, 6) is 0.377. The first-order chi connectivity index (χ1) is 27.5. The van der Waals surface area contributed by atoms with Crippen LogP contribution in [0.3, 0.4) is 0 Å². The number of hydrogen-bond donors (Lipinski definition) is 0. The van der Waals surface area contributed by atoms with E-state index in [9.17, 15) is 14.4 Å². The van der Waals surface area contributed by atoms with E-state index in [2.05, 4.69) is 27.7 Å². The van der Waals surface area contributed by atoms with E-state index in [4.69, 9.17) is 9.47 Å². The van der Waals surface area contributed by atoms with Gasteiger partial charge in [-0.1, -0.05) is 195 Å². The van der Waals surface area contributed by atoms with Crippen molar-refractivity contribution in [1.29, 1.82) is 0 Å². The van der Waals surface area contributed by atoms with Crippen molar-refractivity contribution in [2.24, 2.45) is 0 Å². The van der Waals surface area contributed by atoms with E-state index in [1.54, 1.807) is 0 Å². The molecule has 0 amide bonds. The molecule has 0 radical (unpaired) electrons. The summed E-state index contributed by atoms with van der Waals surface area (Å²) in [5.41, 5.74) is 0. The first-order valence-electron chi connectivity index (χ1n) is 25.4. The predicted octanol–water partition coefficient (Wildman–Crippen LogP) is 16.8. The van der Waals surface area contributed by atoms with E-state index >= 15 is 0 Å². The predicted molar refractivity (Wildman–Crippen MR) is 241 cm³/mol. The van der Waals surface area contributed by atoms with Crippen molar-refractivity contribution in [1.82, 2.24) is 0 Å². The smallest absolute Gasteiger partial charge is 0.306 e. The minimum atomic E-state index is -0.00618. The zero-order valence-electron chi connectivity index (χ0n) is 38.4. The molecule has 0 aromatic heterocycles. The van der Waals surface area contributed by atoms with Gasteiger partial charge in [0.15, 0.2) is 0 Å². The molecular formula is C51H98O5. The Morgan fingerprint density at radius 3 is 0.768 bits per heavy atom. The molecule has 0 N–H and O–H groups in total. The SMILES string of the molecule is CCCCCCCCC(CCCCCCCC)OC(=O)CCCCCCCC(=O)CCCCCCCC(=O)OC(CCCCCCCC)CCCCCCCC. The third-order valence-electron chi connectivity index (χ3n) is 11.8. The van der Waals surface area contributed by atoms with Crippen LogP contribution in [0.15, 0.2) is 0 Å². The molecule has 0 rings (SSSR count). The summed E-state index contributed by atoms with van der Waals surface area (Å²) in [6.07, 6.45) is 47.5. The Balaban J connectivity index is 4.03. The quantitative estimate of drug-likeness (QED) is 0.0454. The van der Waals surface area contributed by atoms with E-state index in [1.807, 2.05) is 0 Å². The fraction of sp³-hybridized carbons (Fsp3) is 0.941. The number of Topliss-reactive ketones (excluding diaryl/α,β-unsaturated/α-hetero) is 1. The lowest BCUT2D eigenvalue weighted by molar-refractivity contribution is -0.151. The molecule has 0 saturated carbocycles. The first kappa shape index (κ1) is 54.6. The first-order valence-corrected chi connectivity index (χ1v) is 25.4. The summed E-state index contributed by atoms with van der Waals surface area (Å²) < 4.78 is 12.0. The third-order valence-corrected chi connectivity index (χ3v) is 11.8. The Hall–Kier alpha value is -1.39. The molecule has 0 atom stereocenters. The molecular weight excluding hydrogens is 693 g/mol. The number of carbonyl (C=O) groups is 3. The molecule has 5 nitrogen and oxygen atoms in total. The van der Waals surface area contributed by atoms with Crippen molar-refractivity contribution in [3.63, 3.8) is 0 Å². The van der Waals surface area contributed by atoms with E-state index in [0.717, 1.165) is 89.9 Å². The second kappa shape index (κ2) is 44.7. The van der Waals surface area contributed by atoms with Crippen LogP contribution in [-0.2, 0) is 23.9 Å². The molecule has 0 saturated heterocycles. The van der Waals surface area contributed by atoms with Gasteiger partial charge in [0.1, 0.15) is 18.0 Å². The van der Waals surface area contributed by atoms with Crippen molar-refractivity contribution in [3.8, 4) is 0 Å². The normalized spacial score (nSPS) is 11.5. The molecule has 56 heavy (non-hydrogen) atoms. The molecule has 0 aliphatic carbocycles. The highest BCUT2D eigenvalue weighted by atomic mass is 16.5. The van der Waals surface area contributed by atoms with Gasteiger partial charge in [-0.15, -0.1) is 0 Å². The Kier molecular flexibility index (Phi) is 43.6. The van der Waals surface area contributed by atoms with Crippen molar-refractivity contribution in [2.45, 2.75) is 310 Å². The molecule has 0 fully saturated rings. The number of carbonyl (C=O) groups excluding carboxylic acids is 3. The lowest BCUT2D eigenvalue weighted by Gasteiger charge is -2.18. The monoisotopic (exact) mass is 791 g/mol. The minimum Gasteiger partial charge on any atom is -0.462 e. The average molecular weight is 791 g/mol. The number of esters is 2. The third kappa shape index (κ3) is 40.8. The fourth-order valence-corrected chi connectivity index (χ4v) is 7.99. The van der Waals surface area contributed by atoms with Gasteiger partial charge < -0.3 is 9.47 Å². The van der Waals surface area contributed by atoms with Crippen molar-refractivity contribution < 1.29 is 23.9 Å². The fourth-order valence-electron chi connectivity index (χ4n) is 7.99. The van der Waals surface area contributed by atoms with Crippen molar-refractivity contribution >= 4 is 17.7 Å². The maximum Gasteiger partial charge on any atom is 0.306 e. The zero-order chi connectivity index (χ0) is 41.0. The van der Waals surface area contributed by atoms with Gasteiger partial charge in [-0.25, -0.2) is 0 Å². The van der Waals surface area contributed by atoms with Gasteiger partial charge in [0.2, 0.25) is 0 Å². The van der Waals surface area contributed by atoms with Crippen LogP contribution in [0, 0.1) is 0 Å². The maximum atomic E-state index is 12.7. The standard InChI is InChI=1S/C51H98O5/c1-5-9-13-17-25-33-41-48(42-34-26-18-14-10-6-2)55-50(53)45-37-29-21-23-31-39-47(52)40-32-24-22-30-38-46-51(54)56-49(43-35-27-19-15-11-7-3)44-36-28-20-16-12-8-4/h48-49H,5-46H2,1-4H3. The van der Waals surface area contributed by atoms with Crippen LogP contribution in [0.1, 0.15) is 297 Å². The maximum absolute atomic E-state index is 12.7. The molecule has 0 spiro atoms. The van der Waals surface area contributed by atoms with E-state index in [1.165, 1.54) is 154 Å². The number of ether oxygens (including phenoxy) is 2. The van der Waals surface area contributed by atoms with Gasteiger partial charge in [0.25, 0.3) is 0 Å². The largest absolute Gasteiger partial charge is 0.462 e. The number of unbranched alkanes of at least 4 members (excludes halogenated alkanes) is 28. The average Bonchev–Trinajstić information content (AvgIpc) is 3.19. The molecule has 0 bridgehead atoms. The van der Waals surface area contributed by atoms with Crippen LogP contribution in [0.4, 0.5) is 0 Å².